The summed E-state index contributed by atoms with van der Waals surface area (Å²) in [5.74, 6) is -0.307. The standard InChI is InChI=1S/C15H16FN5O3/c1-18-10-17-13(21(23)24)14(18)19-6-8-20(9-7-19)15(22)11-2-4-12(16)5-3-11/h2-5,10H,6-9H2,1H3. The molecule has 0 N–H and O–H groups in total. The van der Waals surface area contributed by atoms with Crippen molar-refractivity contribution >= 4 is 17.5 Å². The third-order valence-corrected chi connectivity index (χ3v) is 4.02. The maximum atomic E-state index is 12.9. The number of carbonyl (C=O) groups is 1. The summed E-state index contributed by atoms with van der Waals surface area (Å²) in [6, 6.07) is 5.41. The van der Waals surface area contributed by atoms with Crippen LogP contribution in [0.25, 0.3) is 0 Å². The van der Waals surface area contributed by atoms with Crippen molar-refractivity contribution < 1.29 is 14.1 Å². The zero-order valence-electron chi connectivity index (χ0n) is 13.1. The topological polar surface area (TPSA) is 84.5 Å². The minimum atomic E-state index is -0.509. The predicted molar refractivity (Wildman–Crippen MR) is 84.4 cm³/mol. The van der Waals surface area contributed by atoms with Crippen LogP contribution in [0.15, 0.2) is 30.6 Å². The number of hydrogen-bond donors (Lipinski definition) is 0. The van der Waals surface area contributed by atoms with Gasteiger partial charge in [0, 0.05) is 38.8 Å². The summed E-state index contributed by atoms with van der Waals surface area (Å²) in [5, 5.41) is 11.1. The van der Waals surface area contributed by atoms with Gasteiger partial charge in [0.15, 0.2) is 0 Å². The molecule has 0 bridgehead atoms. The van der Waals surface area contributed by atoms with E-state index in [1.807, 2.05) is 4.90 Å². The van der Waals surface area contributed by atoms with Crippen molar-refractivity contribution in [3.8, 4) is 0 Å². The molecule has 126 valence electrons. The molecule has 1 aromatic carbocycles. The maximum Gasteiger partial charge on any atom is 0.406 e. The summed E-state index contributed by atoms with van der Waals surface area (Å²) in [4.78, 5) is 30.3. The summed E-state index contributed by atoms with van der Waals surface area (Å²) in [6.07, 6.45) is 1.41. The highest BCUT2D eigenvalue weighted by atomic mass is 19.1. The first-order valence-corrected chi connectivity index (χ1v) is 7.43. The average Bonchev–Trinajstić information content (AvgIpc) is 2.97. The average molecular weight is 333 g/mol. The molecule has 2 aromatic rings. The van der Waals surface area contributed by atoms with Gasteiger partial charge in [-0.15, -0.1) is 0 Å². The number of aryl methyl sites for hydroxylation is 1. The lowest BCUT2D eigenvalue weighted by atomic mass is 10.2. The number of rotatable bonds is 3. The van der Waals surface area contributed by atoms with Crippen LogP contribution < -0.4 is 4.90 Å². The highest BCUT2D eigenvalue weighted by Crippen LogP contribution is 2.26. The van der Waals surface area contributed by atoms with Crippen LogP contribution in [0.2, 0.25) is 0 Å². The van der Waals surface area contributed by atoms with Crippen LogP contribution in [0.4, 0.5) is 16.0 Å². The van der Waals surface area contributed by atoms with Gasteiger partial charge in [0.25, 0.3) is 5.91 Å². The van der Waals surface area contributed by atoms with E-state index >= 15 is 0 Å². The van der Waals surface area contributed by atoms with Gasteiger partial charge in [-0.2, -0.15) is 0 Å². The largest absolute Gasteiger partial charge is 0.406 e. The summed E-state index contributed by atoms with van der Waals surface area (Å²) >= 11 is 0. The number of anilines is 1. The Kier molecular flexibility index (Phi) is 4.15. The zero-order chi connectivity index (χ0) is 17.3. The van der Waals surface area contributed by atoms with E-state index in [4.69, 9.17) is 0 Å². The number of piperazine rings is 1. The fourth-order valence-electron chi connectivity index (χ4n) is 2.80. The summed E-state index contributed by atoms with van der Waals surface area (Å²) in [7, 11) is 1.70. The van der Waals surface area contributed by atoms with Crippen molar-refractivity contribution in [3.05, 3.63) is 52.1 Å². The summed E-state index contributed by atoms with van der Waals surface area (Å²) in [6.45, 7) is 1.79. The first-order chi connectivity index (χ1) is 11.5. The second-order valence-electron chi connectivity index (χ2n) is 5.55. The Balaban J connectivity index is 1.70. The Morgan fingerprint density at radius 3 is 2.42 bits per heavy atom. The van der Waals surface area contributed by atoms with Gasteiger partial charge in [-0.3, -0.25) is 9.36 Å². The lowest BCUT2D eigenvalue weighted by molar-refractivity contribution is -0.388. The fourth-order valence-corrected chi connectivity index (χ4v) is 2.80. The molecule has 0 atom stereocenters. The lowest BCUT2D eigenvalue weighted by Crippen LogP contribution is -2.49. The molecule has 24 heavy (non-hydrogen) atoms. The number of imidazole rings is 1. The molecule has 1 fully saturated rings. The highest BCUT2D eigenvalue weighted by Gasteiger charge is 2.29. The molecule has 1 aliphatic heterocycles. The van der Waals surface area contributed by atoms with E-state index in [2.05, 4.69) is 4.98 Å². The van der Waals surface area contributed by atoms with E-state index in [1.165, 1.54) is 30.6 Å². The fraction of sp³-hybridized carbons (Fsp3) is 0.333. The van der Waals surface area contributed by atoms with E-state index in [-0.39, 0.29) is 17.5 Å². The van der Waals surface area contributed by atoms with Crippen LogP contribution in [0.5, 0.6) is 0 Å². The lowest BCUT2D eigenvalue weighted by Gasteiger charge is -2.35. The van der Waals surface area contributed by atoms with Crippen molar-refractivity contribution in [1.29, 1.82) is 0 Å². The van der Waals surface area contributed by atoms with Crippen molar-refractivity contribution in [2.24, 2.45) is 7.05 Å². The number of hydrogen-bond acceptors (Lipinski definition) is 5. The van der Waals surface area contributed by atoms with E-state index in [0.717, 1.165) is 0 Å². The minimum absolute atomic E-state index is 0.172. The predicted octanol–water partition coefficient (Wildman–Crippen LogP) is 1.43. The molecule has 1 saturated heterocycles. The molecule has 1 aliphatic rings. The first kappa shape index (κ1) is 15.9. The second-order valence-corrected chi connectivity index (χ2v) is 5.55. The SMILES string of the molecule is Cn1cnc([N+](=O)[O-])c1N1CCN(C(=O)c2ccc(F)cc2)CC1. The van der Waals surface area contributed by atoms with Crippen molar-refractivity contribution in [3.63, 3.8) is 0 Å². The van der Waals surface area contributed by atoms with Gasteiger partial charge in [-0.1, -0.05) is 0 Å². The van der Waals surface area contributed by atoms with E-state index in [9.17, 15) is 19.3 Å². The second kappa shape index (κ2) is 6.26. The third kappa shape index (κ3) is 2.92. The van der Waals surface area contributed by atoms with Crippen LogP contribution in [-0.2, 0) is 7.05 Å². The number of halogens is 1. The molecule has 3 rings (SSSR count). The molecular formula is C15H16FN5O3. The molecule has 0 aliphatic carbocycles. The van der Waals surface area contributed by atoms with Crippen LogP contribution in [0.1, 0.15) is 10.4 Å². The Morgan fingerprint density at radius 2 is 1.83 bits per heavy atom. The highest BCUT2D eigenvalue weighted by molar-refractivity contribution is 5.94. The third-order valence-electron chi connectivity index (χ3n) is 4.02. The zero-order valence-corrected chi connectivity index (χ0v) is 13.1. The van der Waals surface area contributed by atoms with Gasteiger partial charge in [0.1, 0.15) is 5.82 Å². The van der Waals surface area contributed by atoms with Crippen LogP contribution in [-0.4, -0.2) is 51.5 Å². The Hall–Kier alpha value is -2.97. The van der Waals surface area contributed by atoms with Gasteiger partial charge in [0.05, 0.1) is 0 Å². The summed E-state index contributed by atoms with van der Waals surface area (Å²) < 4.78 is 14.6. The molecular weight excluding hydrogens is 317 g/mol. The van der Waals surface area contributed by atoms with E-state index in [0.29, 0.717) is 37.6 Å². The van der Waals surface area contributed by atoms with Gasteiger partial charge >= 0.3 is 5.82 Å². The molecule has 0 unspecified atom stereocenters. The van der Waals surface area contributed by atoms with Crippen molar-refractivity contribution in [2.75, 3.05) is 31.1 Å². The minimum Gasteiger partial charge on any atom is -0.358 e. The summed E-state index contributed by atoms with van der Waals surface area (Å²) in [5.41, 5.74) is 0.427. The van der Waals surface area contributed by atoms with E-state index < -0.39 is 4.92 Å². The maximum absolute atomic E-state index is 12.9. The number of aromatic nitrogens is 2. The quantitative estimate of drug-likeness (QED) is 0.627. The Morgan fingerprint density at radius 1 is 1.21 bits per heavy atom. The van der Waals surface area contributed by atoms with Gasteiger partial charge in [-0.05, 0) is 34.2 Å². The molecule has 0 saturated carbocycles. The Bertz CT molecular complexity index is 766. The molecule has 0 radical (unpaired) electrons. The Labute approximate surface area is 137 Å². The smallest absolute Gasteiger partial charge is 0.358 e. The number of amides is 1. The van der Waals surface area contributed by atoms with Gasteiger partial charge in [0.2, 0.25) is 12.1 Å². The van der Waals surface area contributed by atoms with Crippen LogP contribution in [0.3, 0.4) is 0 Å². The molecule has 1 amide bonds. The van der Waals surface area contributed by atoms with E-state index in [1.54, 1.807) is 16.5 Å². The number of nitrogens with zero attached hydrogens (tertiary/aromatic N) is 5. The number of carbonyl (C=O) groups excluding carboxylic acids is 1. The van der Waals surface area contributed by atoms with Gasteiger partial charge < -0.3 is 19.9 Å². The molecule has 2 heterocycles. The van der Waals surface area contributed by atoms with Crippen molar-refractivity contribution in [2.45, 2.75) is 0 Å². The normalized spacial score (nSPS) is 14.8. The molecule has 9 heteroatoms. The molecule has 0 spiro atoms. The first-order valence-electron chi connectivity index (χ1n) is 7.43. The monoisotopic (exact) mass is 333 g/mol. The molecule has 1 aromatic heterocycles. The van der Waals surface area contributed by atoms with Crippen LogP contribution >= 0.6 is 0 Å². The molecule has 8 nitrogen and oxygen atoms in total. The van der Waals surface area contributed by atoms with Gasteiger partial charge in [-0.25, -0.2) is 4.39 Å². The van der Waals surface area contributed by atoms with Crippen molar-refractivity contribution in [1.82, 2.24) is 14.5 Å². The number of nitro groups is 1. The van der Waals surface area contributed by atoms with Crippen LogP contribution in [0, 0.1) is 15.9 Å². The number of benzene rings is 1.